The van der Waals surface area contributed by atoms with Gasteiger partial charge in [0.05, 0.1) is 25.5 Å². The van der Waals surface area contributed by atoms with E-state index in [1.165, 1.54) is 0 Å². The van der Waals surface area contributed by atoms with Gasteiger partial charge in [0.15, 0.2) is 5.82 Å². The molecule has 2 heterocycles. The van der Waals surface area contributed by atoms with Crippen molar-refractivity contribution in [3.05, 3.63) is 48.4 Å². The van der Waals surface area contributed by atoms with E-state index < -0.39 is 11.7 Å². The molecule has 1 aromatic carbocycles. The topological polar surface area (TPSA) is 117 Å². The van der Waals surface area contributed by atoms with Crippen molar-refractivity contribution in [3.63, 3.8) is 0 Å². The average Bonchev–Trinajstić information content (AvgIpc) is 3.26. The molecule has 0 radical (unpaired) electrons. The summed E-state index contributed by atoms with van der Waals surface area (Å²) in [7, 11) is 1.54. The van der Waals surface area contributed by atoms with E-state index in [-0.39, 0.29) is 24.1 Å². The Bertz CT molecular complexity index is 1150. The molecule has 0 saturated heterocycles. The maximum absolute atomic E-state index is 12.6. The standard InChI is InChI=1S/C25H31N5O5/c1-16(2)21(31)22-28-23(30(29-22)18-9-12-20(33-6)27-15-18)17-7-10-19(11-8-17)34-14-13-26-24(32)35-25(3,4)5/h7-12,15-16H,13-14H2,1-6H3,(H,26,32). The third-order valence-corrected chi connectivity index (χ3v) is 4.68. The Morgan fingerprint density at radius 3 is 2.37 bits per heavy atom. The zero-order valence-corrected chi connectivity index (χ0v) is 20.9. The molecule has 3 rings (SSSR count). The smallest absolute Gasteiger partial charge is 0.407 e. The van der Waals surface area contributed by atoms with E-state index in [0.717, 1.165) is 5.56 Å². The number of amides is 1. The number of pyridine rings is 1. The number of ketones is 1. The molecule has 1 amide bonds. The molecule has 1 N–H and O–H groups in total. The van der Waals surface area contributed by atoms with Crippen molar-refractivity contribution in [1.82, 2.24) is 25.1 Å². The van der Waals surface area contributed by atoms with E-state index >= 15 is 0 Å². The highest BCUT2D eigenvalue weighted by Gasteiger charge is 2.21. The fourth-order valence-corrected chi connectivity index (χ4v) is 3.00. The van der Waals surface area contributed by atoms with E-state index in [2.05, 4.69) is 20.4 Å². The second-order valence-corrected chi connectivity index (χ2v) is 9.05. The summed E-state index contributed by atoms with van der Waals surface area (Å²) >= 11 is 0. The Morgan fingerprint density at radius 2 is 1.80 bits per heavy atom. The molecule has 0 unspecified atom stereocenters. The SMILES string of the molecule is COc1ccc(-n2nc(C(=O)C(C)C)nc2-c2ccc(OCCNC(=O)OC(C)(C)C)cc2)cn1. The van der Waals surface area contributed by atoms with Crippen LogP contribution in [0.4, 0.5) is 4.79 Å². The van der Waals surface area contributed by atoms with Gasteiger partial charge in [-0.1, -0.05) is 13.8 Å². The van der Waals surface area contributed by atoms with Gasteiger partial charge in [0, 0.05) is 17.5 Å². The lowest BCUT2D eigenvalue weighted by molar-refractivity contribution is 0.0520. The number of carbonyl (C=O) groups is 2. The molecule has 35 heavy (non-hydrogen) atoms. The zero-order valence-electron chi connectivity index (χ0n) is 20.9. The first kappa shape index (κ1) is 25.7. The number of aromatic nitrogens is 4. The third-order valence-electron chi connectivity index (χ3n) is 4.68. The van der Waals surface area contributed by atoms with Gasteiger partial charge < -0.3 is 19.5 Å². The number of methoxy groups -OCH3 is 1. The number of hydrogen-bond donors (Lipinski definition) is 1. The minimum absolute atomic E-state index is 0.138. The van der Waals surface area contributed by atoms with Gasteiger partial charge in [0.25, 0.3) is 0 Å². The van der Waals surface area contributed by atoms with Crippen molar-refractivity contribution >= 4 is 11.9 Å². The number of nitrogens with zero attached hydrogens (tertiary/aromatic N) is 4. The van der Waals surface area contributed by atoms with Crippen molar-refractivity contribution in [1.29, 1.82) is 0 Å². The summed E-state index contributed by atoms with van der Waals surface area (Å²) in [4.78, 5) is 33.0. The van der Waals surface area contributed by atoms with Crippen molar-refractivity contribution in [3.8, 4) is 28.7 Å². The Morgan fingerprint density at radius 1 is 1.09 bits per heavy atom. The van der Waals surface area contributed by atoms with Crippen molar-refractivity contribution in [2.45, 2.75) is 40.2 Å². The minimum atomic E-state index is -0.553. The number of alkyl carbamates (subject to hydrolysis) is 1. The number of nitrogens with one attached hydrogen (secondary N) is 1. The molecule has 0 aliphatic carbocycles. The van der Waals surface area contributed by atoms with Crippen LogP contribution in [0.2, 0.25) is 0 Å². The number of hydrogen-bond acceptors (Lipinski definition) is 8. The highest BCUT2D eigenvalue weighted by molar-refractivity contribution is 5.94. The maximum Gasteiger partial charge on any atom is 0.407 e. The van der Waals surface area contributed by atoms with Gasteiger partial charge in [-0.25, -0.2) is 19.4 Å². The number of carbonyl (C=O) groups excluding carboxylic acids is 2. The minimum Gasteiger partial charge on any atom is -0.492 e. The molecule has 0 aliphatic heterocycles. The van der Waals surface area contributed by atoms with E-state index in [1.807, 2.05) is 12.1 Å². The lowest BCUT2D eigenvalue weighted by Gasteiger charge is -2.19. The fraction of sp³-hybridized carbons (Fsp3) is 0.400. The van der Waals surface area contributed by atoms with Crippen LogP contribution in [0.25, 0.3) is 17.1 Å². The fourth-order valence-electron chi connectivity index (χ4n) is 3.00. The molecule has 2 aromatic heterocycles. The van der Waals surface area contributed by atoms with Gasteiger partial charge in [-0.3, -0.25) is 4.79 Å². The quantitative estimate of drug-likeness (QED) is 0.359. The Balaban J connectivity index is 1.74. The van der Waals surface area contributed by atoms with Crippen LogP contribution in [0.3, 0.4) is 0 Å². The monoisotopic (exact) mass is 481 g/mol. The summed E-state index contributed by atoms with van der Waals surface area (Å²) in [6.45, 7) is 9.60. The first-order valence-electron chi connectivity index (χ1n) is 11.3. The summed E-state index contributed by atoms with van der Waals surface area (Å²) in [5.41, 5.74) is 0.836. The number of Topliss-reactive ketones (excluding diaryl/α,β-unsaturated/α-hetero) is 1. The van der Waals surface area contributed by atoms with Gasteiger partial charge in [-0.15, -0.1) is 5.10 Å². The molecule has 0 aliphatic rings. The summed E-state index contributed by atoms with van der Waals surface area (Å²) in [5, 5.41) is 7.10. The summed E-state index contributed by atoms with van der Waals surface area (Å²) in [5.74, 6) is 1.34. The predicted molar refractivity (Wildman–Crippen MR) is 130 cm³/mol. The normalized spacial score (nSPS) is 11.3. The van der Waals surface area contributed by atoms with Gasteiger partial charge in [0.1, 0.15) is 18.0 Å². The lowest BCUT2D eigenvalue weighted by atomic mass is 10.1. The van der Waals surface area contributed by atoms with Crippen LogP contribution < -0.4 is 14.8 Å². The highest BCUT2D eigenvalue weighted by atomic mass is 16.6. The summed E-state index contributed by atoms with van der Waals surface area (Å²) < 4.78 is 17.6. The molecule has 0 saturated carbocycles. The second kappa shape index (κ2) is 11.0. The molecule has 0 spiro atoms. The third kappa shape index (κ3) is 7.02. The molecule has 10 heteroatoms. The van der Waals surface area contributed by atoms with Crippen LogP contribution in [-0.2, 0) is 4.74 Å². The molecule has 0 fully saturated rings. The maximum atomic E-state index is 12.6. The number of ether oxygens (including phenoxy) is 3. The van der Waals surface area contributed by atoms with Gasteiger partial charge in [-0.05, 0) is 51.1 Å². The van der Waals surface area contributed by atoms with Crippen LogP contribution in [0.1, 0.15) is 45.2 Å². The van der Waals surface area contributed by atoms with Crippen LogP contribution in [-0.4, -0.2) is 57.5 Å². The number of benzene rings is 1. The lowest BCUT2D eigenvalue weighted by Crippen LogP contribution is -2.34. The molecule has 0 bridgehead atoms. The summed E-state index contributed by atoms with van der Waals surface area (Å²) in [6.07, 6.45) is 1.12. The van der Waals surface area contributed by atoms with Crippen LogP contribution in [0.15, 0.2) is 42.6 Å². The van der Waals surface area contributed by atoms with E-state index in [1.54, 1.807) is 76.9 Å². The molecule has 10 nitrogen and oxygen atoms in total. The predicted octanol–water partition coefficient (Wildman–Crippen LogP) is 4.08. The van der Waals surface area contributed by atoms with Crippen molar-refractivity contribution in [2.24, 2.45) is 5.92 Å². The Kier molecular flexibility index (Phi) is 8.06. The molecule has 0 atom stereocenters. The van der Waals surface area contributed by atoms with Crippen LogP contribution >= 0.6 is 0 Å². The van der Waals surface area contributed by atoms with Gasteiger partial charge >= 0.3 is 6.09 Å². The van der Waals surface area contributed by atoms with Gasteiger partial charge in [0.2, 0.25) is 17.5 Å². The second-order valence-electron chi connectivity index (χ2n) is 9.05. The van der Waals surface area contributed by atoms with E-state index in [9.17, 15) is 9.59 Å². The molecule has 186 valence electrons. The first-order chi connectivity index (χ1) is 16.6. The van der Waals surface area contributed by atoms with E-state index in [4.69, 9.17) is 14.2 Å². The largest absolute Gasteiger partial charge is 0.492 e. The van der Waals surface area contributed by atoms with Crippen molar-refractivity contribution < 1.29 is 23.8 Å². The van der Waals surface area contributed by atoms with Gasteiger partial charge in [-0.2, -0.15) is 0 Å². The first-order valence-corrected chi connectivity index (χ1v) is 11.3. The van der Waals surface area contributed by atoms with Crippen LogP contribution in [0, 0.1) is 5.92 Å². The molecular formula is C25H31N5O5. The Labute approximate surface area is 204 Å². The Hall–Kier alpha value is -3.95. The van der Waals surface area contributed by atoms with Crippen LogP contribution in [0.5, 0.6) is 11.6 Å². The highest BCUT2D eigenvalue weighted by Crippen LogP contribution is 2.25. The van der Waals surface area contributed by atoms with E-state index in [0.29, 0.717) is 29.7 Å². The van der Waals surface area contributed by atoms with Crippen molar-refractivity contribution in [2.75, 3.05) is 20.3 Å². The molecule has 3 aromatic rings. The summed E-state index contributed by atoms with van der Waals surface area (Å²) in [6, 6.07) is 10.8. The molecular weight excluding hydrogens is 450 g/mol. The zero-order chi connectivity index (χ0) is 25.6. The number of rotatable bonds is 9. The average molecular weight is 482 g/mol.